The first-order valence-electron chi connectivity index (χ1n) is 7.53. The highest BCUT2D eigenvalue weighted by Crippen LogP contribution is 2.22. The van der Waals surface area contributed by atoms with Gasteiger partial charge in [0.1, 0.15) is 5.60 Å². The number of amides is 1. The number of likely N-dealkylation sites (tertiary alicyclic amines) is 1. The molecule has 0 saturated carbocycles. The highest BCUT2D eigenvalue weighted by molar-refractivity contribution is 7.07. The number of hydrogen-bond acceptors (Lipinski definition) is 5. The number of nitrogens with one attached hydrogen (secondary N) is 1. The van der Waals surface area contributed by atoms with Crippen molar-refractivity contribution < 1.29 is 9.53 Å². The largest absolute Gasteiger partial charge is 0.444 e. The molecule has 1 fully saturated rings. The minimum Gasteiger partial charge on any atom is -0.444 e. The lowest BCUT2D eigenvalue weighted by Gasteiger charge is -2.28. The van der Waals surface area contributed by atoms with Gasteiger partial charge in [-0.1, -0.05) is 0 Å². The fourth-order valence-electron chi connectivity index (χ4n) is 2.51. The SMILES string of the molecule is CC(C)(C)OC(=O)N1CCCC1CCNCc1cscn1. The number of carbonyl (C=O) groups excluding carboxylic acids is 1. The van der Waals surface area contributed by atoms with Crippen molar-refractivity contribution in [3.63, 3.8) is 0 Å². The average Bonchev–Trinajstić information content (AvgIpc) is 3.04. The number of ether oxygens (including phenoxy) is 1. The number of rotatable bonds is 5. The van der Waals surface area contributed by atoms with Crippen LogP contribution in [-0.2, 0) is 11.3 Å². The summed E-state index contributed by atoms with van der Waals surface area (Å²) in [4.78, 5) is 18.3. The van der Waals surface area contributed by atoms with Gasteiger partial charge in [0.15, 0.2) is 0 Å². The summed E-state index contributed by atoms with van der Waals surface area (Å²) in [6, 6.07) is 0.294. The van der Waals surface area contributed by atoms with Crippen LogP contribution in [0.15, 0.2) is 10.9 Å². The monoisotopic (exact) mass is 311 g/mol. The molecule has 1 aromatic rings. The van der Waals surface area contributed by atoms with Crippen molar-refractivity contribution in [1.29, 1.82) is 0 Å². The summed E-state index contributed by atoms with van der Waals surface area (Å²) in [5.74, 6) is 0. The Morgan fingerprint density at radius 3 is 3.05 bits per heavy atom. The molecule has 0 aliphatic carbocycles. The normalized spacial score (nSPS) is 19.0. The molecule has 2 heterocycles. The van der Waals surface area contributed by atoms with Gasteiger partial charge in [0.05, 0.1) is 11.2 Å². The van der Waals surface area contributed by atoms with Crippen molar-refractivity contribution >= 4 is 17.4 Å². The van der Waals surface area contributed by atoms with Gasteiger partial charge in [-0.2, -0.15) is 0 Å². The van der Waals surface area contributed by atoms with Crippen LogP contribution in [0, 0.1) is 0 Å². The van der Waals surface area contributed by atoms with Crippen LogP contribution in [0.2, 0.25) is 0 Å². The molecule has 2 rings (SSSR count). The Balaban J connectivity index is 1.72. The fourth-order valence-corrected chi connectivity index (χ4v) is 3.07. The summed E-state index contributed by atoms with van der Waals surface area (Å²) in [5, 5.41) is 5.44. The van der Waals surface area contributed by atoms with Crippen LogP contribution in [0.3, 0.4) is 0 Å². The smallest absolute Gasteiger partial charge is 0.410 e. The van der Waals surface area contributed by atoms with E-state index in [0.717, 1.165) is 44.6 Å². The number of aromatic nitrogens is 1. The lowest BCUT2D eigenvalue weighted by molar-refractivity contribution is 0.0220. The van der Waals surface area contributed by atoms with E-state index in [4.69, 9.17) is 4.74 Å². The second-order valence-electron chi connectivity index (χ2n) is 6.42. The van der Waals surface area contributed by atoms with E-state index in [-0.39, 0.29) is 6.09 Å². The van der Waals surface area contributed by atoms with E-state index in [1.165, 1.54) is 0 Å². The van der Waals surface area contributed by atoms with Crippen LogP contribution in [0.25, 0.3) is 0 Å². The predicted molar refractivity (Wildman–Crippen MR) is 84.4 cm³/mol. The molecule has 1 amide bonds. The molecular formula is C15H25N3O2S. The third-order valence-electron chi connectivity index (χ3n) is 3.45. The molecule has 1 aromatic heterocycles. The van der Waals surface area contributed by atoms with E-state index in [1.807, 2.05) is 31.2 Å². The van der Waals surface area contributed by atoms with E-state index in [2.05, 4.69) is 15.7 Å². The first-order chi connectivity index (χ1) is 9.96. The van der Waals surface area contributed by atoms with Gasteiger partial charge < -0.3 is 15.0 Å². The predicted octanol–water partition coefficient (Wildman–Crippen LogP) is 3.02. The summed E-state index contributed by atoms with van der Waals surface area (Å²) in [6.45, 7) is 8.22. The highest BCUT2D eigenvalue weighted by atomic mass is 32.1. The Hall–Kier alpha value is -1.14. The summed E-state index contributed by atoms with van der Waals surface area (Å²) >= 11 is 1.61. The van der Waals surface area contributed by atoms with Gasteiger partial charge in [-0.05, 0) is 46.6 Å². The van der Waals surface area contributed by atoms with Crippen molar-refractivity contribution in [3.8, 4) is 0 Å². The zero-order chi connectivity index (χ0) is 15.3. The van der Waals surface area contributed by atoms with Gasteiger partial charge in [-0.15, -0.1) is 11.3 Å². The van der Waals surface area contributed by atoms with E-state index in [1.54, 1.807) is 11.3 Å². The third-order valence-corrected chi connectivity index (χ3v) is 4.08. The van der Waals surface area contributed by atoms with Gasteiger partial charge in [-0.25, -0.2) is 9.78 Å². The Morgan fingerprint density at radius 2 is 2.38 bits per heavy atom. The van der Waals surface area contributed by atoms with Gasteiger partial charge in [0, 0.05) is 24.5 Å². The molecule has 1 N–H and O–H groups in total. The van der Waals surface area contributed by atoms with Crippen LogP contribution < -0.4 is 5.32 Å². The molecule has 5 nitrogen and oxygen atoms in total. The zero-order valence-corrected chi connectivity index (χ0v) is 13.9. The van der Waals surface area contributed by atoms with Crippen molar-refractivity contribution in [3.05, 3.63) is 16.6 Å². The van der Waals surface area contributed by atoms with Gasteiger partial charge in [0.2, 0.25) is 0 Å². The Kier molecular flexibility index (Phi) is 5.58. The quantitative estimate of drug-likeness (QED) is 0.849. The van der Waals surface area contributed by atoms with Crippen molar-refractivity contribution in [2.75, 3.05) is 13.1 Å². The molecule has 6 heteroatoms. The average molecular weight is 311 g/mol. The first-order valence-corrected chi connectivity index (χ1v) is 8.47. The molecule has 1 aliphatic rings. The van der Waals surface area contributed by atoms with Crippen LogP contribution in [0.5, 0.6) is 0 Å². The number of hydrogen-bond donors (Lipinski definition) is 1. The second-order valence-corrected chi connectivity index (χ2v) is 7.13. The molecule has 118 valence electrons. The number of nitrogens with zero attached hydrogens (tertiary/aromatic N) is 2. The van der Waals surface area contributed by atoms with Crippen LogP contribution in [0.4, 0.5) is 4.79 Å². The van der Waals surface area contributed by atoms with Crippen LogP contribution >= 0.6 is 11.3 Å². The van der Waals surface area contributed by atoms with Crippen LogP contribution in [-0.4, -0.2) is 40.7 Å². The van der Waals surface area contributed by atoms with E-state index >= 15 is 0 Å². The van der Waals surface area contributed by atoms with E-state index < -0.39 is 5.60 Å². The molecule has 0 bridgehead atoms. The summed E-state index contributed by atoms with van der Waals surface area (Å²) in [6.07, 6.45) is 2.92. The van der Waals surface area contributed by atoms with Gasteiger partial charge >= 0.3 is 6.09 Å². The molecule has 1 saturated heterocycles. The molecule has 0 aromatic carbocycles. The topological polar surface area (TPSA) is 54.5 Å². The Labute approximate surface area is 130 Å². The first kappa shape index (κ1) is 16.2. The fraction of sp³-hybridized carbons (Fsp3) is 0.733. The lowest BCUT2D eigenvalue weighted by atomic mass is 10.1. The molecule has 1 unspecified atom stereocenters. The molecule has 0 radical (unpaired) electrons. The van der Waals surface area contributed by atoms with E-state index in [9.17, 15) is 4.79 Å². The van der Waals surface area contributed by atoms with E-state index in [0.29, 0.717) is 6.04 Å². The standard InChI is InChI=1S/C15H25N3O2S/c1-15(2,3)20-14(19)18-8-4-5-13(18)6-7-16-9-12-10-21-11-17-12/h10-11,13,16H,4-9H2,1-3H3. The second kappa shape index (κ2) is 7.22. The maximum absolute atomic E-state index is 12.2. The molecule has 1 atom stereocenters. The van der Waals surface area contributed by atoms with Crippen molar-refractivity contribution in [2.45, 2.75) is 58.2 Å². The Bertz CT molecular complexity index is 442. The summed E-state index contributed by atoms with van der Waals surface area (Å²) in [5.41, 5.74) is 2.50. The minimum atomic E-state index is -0.424. The highest BCUT2D eigenvalue weighted by Gasteiger charge is 2.31. The Morgan fingerprint density at radius 1 is 1.57 bits per heavy atom. The minimum absolute atomic E-state index is 0.176. The molecule has 0 spiro atoms. The summed E-state index contributed by atoms with van der Waals surface area (Å²) in [7, 11) is 0. The zero-order valence-electron chi connectivity index (χ0n) is 13.1. The summed E-state index contributed by atoms with van der Waals surface area (Å²) < 4.78 is 5.48. The third kappa shape index (κ3) is 5.28. The van der Waals surface area contributed by atoms with Crippen molar-refractivity contribution in [2.24, 2.45) is 0 Å². The number of thiazole rings is 1. The van der Waals surface area contributed by atoms with Crippen LogP contribution in [0.1, 0.15) is 45.7 Å². The van der Waals surface area contributed by atoms with Gasteiger partial charge in [-0.3, -0.25) is 0 Å². The molecule has 21 heavy (non-hydrogen) atoms. The van der Waals surface area contributed by atoms with Crippen molar-refractivity contribution in [1.82, 2.24) is 15.2 Å². The molecule has 1 aliphatic heterocycles. The molecular weight excluding hydrogens is 286 g/mol. The number of carbonyl (C=O) groups is 1. The van der Waals surface area contributed by atoms with Gasteiger partial charge in [0.25, 0.3) is 0 Å². The maximum atomic E-state index is 12.2. The maximum Gasteiger partial charge on any atom is 0.410 e. The lowest BCUT2D eigenvalue weighted by Crippen LogP contribution is -2.40.